The highest BCUT2D eigenvalue weighted by atomic mass is 79.9. The van der Waals surface area contributed by atoms with E-state index >= 15 is 0 Å². The monoisotopic (exact) mass is 333 g/mol. The van der Waals surface area contributed by atoms with Crippen molar-refractivity contribution >= 4 is 15.9 Å². The van der Waals surface area contributed by atoms with Crippen LogP contribution in [0.15, 0.2) is 46.9 Å². The number of halogens is 1. The number of hydrogen-bond acceptors (Lipinski definition) is 2. The van der Waals surface area contributed by atoms with Gasteiger partial charge in [-0.25, -0.2) is 0 Å². The van der Waals surface area contributed by atoms with Gasteiger partial charge in [-0.1, -0.05) is 36.4 Å². The van der Waals surface area contributed by atoms with Crippen molar-refractivity contribution in [3.8, 4) is 5.75 Å². The zero-order chi connectivity index (χ0) is 14.8. The molecule has 2 nitrogen and oxygen atoms in total. The molecule has 0 aromatic heterocycles. The average Bonchev–Trinajstić information content (AvgIpc) is 2.37. The van der Waals surface area contributed by atoms with Crippen molar-refractivity contribution in [1.29, 1.82) is 0 Å². The first-order valence-electron chi connectivity index (χ1n) is 6.64. The maximum absolute atomic E-state index is 6.15. The van der Waals surface area contributed by atoms with Crippen LogP contribution >= 0.6 is 15.9 Å². The molecule has 0 bridgehead atoms. The second kappa shape index (κ2) is 5.98. The zero-order valence-electron chi connectivity index (χ0n) is 12.1. The normalized spacial score (nSPS) is 11.4. The van der Waals surface area contributed by atoms with Crippen molar-refractivity contribution in [3.63, 3.8) is 0 Å². The molecule has 0 aliphatic rings. The number of aryl methyl sites for hydroxylation is 1. The molecule has 0 radical (unpaired) electrons. The predicted octanol–water partition coefficient (Wildman–Crippen LogP) is 4.53. The molecule has 0 fully saturated rings. The molecule has 0 amide bonds. The second-order valence-electron chi connectivity index (χ2n) is 5.60. The molecule has 2 rings (SSSR count). The Kier molecular flexibility index (Phi) is 4.51. The van der Waals surface area contributed by atoms with E-state index in [1.807, 2.05) is 45.0 Å². The van der Waals surface area contributed by atoms with Gasteiger partial charge in [-0.05, 0) is 59.5 Å². The van der Waals surface area contributed by atoms with Crippen molar-refractivity contribution < 1.29 is 4.74 Å². The van der Waals surface area contributed by atoms with E-state index in [0.29, 0.717) is 6.61 Å². The lowest BCUT2D eigenvalue weighted by atomic mass is 9.94. The van der Waals surface area contributed by atoms with Crippen LogP contribution < -0.4 is 10.5 Å². The third kappa shape index (κ3) is 3.62. The van der Waals surface area contributed by atoms with Gasteiger partial charge in [-0.3, -0.25) is 0 Å². The quantitative estimate of drug-likeness (QED) is 0.891. The van der Waals surface area contributed by atoms with E-state index in [2.05, 4.69) is 34.1 Å². The highest BCUT2D eigenvalue weighted by Gasteiger charge is 2.17. The van der Waals surface area contributed by atoms with Gasteiger partial charge in [0.05, 0.1) is 4.47 Å². The Labute approximate surface area is 129 Å². The van der Waals surface area contributed by atoms with Crippen LogP contribution in [-0.2, 0) is 12.1 Å². The largest absolute Gasteiger partial charge is 0.487 e. The molecule has 0 saturated heterocycles. The number of ether oxygens (including phenoxy) is 1. The van der Waals surface area contributed by atoms with Gasteiger partial charge < -0.3 is 10.5 Å². The molecule has 0 atom stereocenters. The molecule has 0 aliphatic carbocycles. The first kappa shape index (κ1) is 15.1. The van der Waals surface area contributed by atoms with Gasteiger partial charge in [0.15, 0.2) is 0 Å². The first-order chi connectivity index (χ1) is 9.38. The summed E-state index contributed by atoms with van der Waals surface area (Å²) in [5.74, 6) is 0.877. The van der Waals surface area contributed by atoms with E-state index in [9.17, 15) is 0 Å². The van der Waals surface area contributed by atoms with Crippen molar-refractivity contribution in [1.82, 2.24) is 0 Å². The number of nitrogens with two attached hydrogens (primary N) is 1. The topological polar surface area (TPSA) is 35.2 Å². The molecule has 0 spiro atoms. The molecule has 2 aromatic carbocycles. The summed E-state index contributed by atoms with van der Waals surface area (Å²) in [7, 11) is 0. The molecule has 20 heavy (non-hydrogen) atoms. The number of rotatable bonds is 4. The third-order valence-corrected chi connectivity index (χ3v) is 3.79. The fraction of sp³-hybridized carbons (Fsp3) is 0.294. The summed E-state index contributed by atoms with van der Waals surface area (Å²) in [6.07, 6.45) is 0. The Hall–Kier alpha value is -1.32. The predicted molar refractivity (Wildman–Crippen MR) is 86.9 cm³/mol. The molecule has 0 heterocycles. The van der Waals surface area contributed by atoms with E-state index in [-0.39, 0.29) is 5.54 Å². The van der Waals surface area contributed by atoms with E-state index < -0.39 is 0 Å². The Morgan fingerprint density at radius 3 is 2.35 bits per heavy atom. The van der Waals surface area contributed by atoms with Gasteiger partial charge in [-0.15, -0.1) is 0 Å². The fourth-order valence-corrected chi connectivity index (χ4v) is 2.69. The summed E-state index contributed by atoms with van der Waals surface area (Å²) in [6.45, 7) is 6.60. The molecule has 0 saturated carbocycles. The van der Waals surface area contributed by atoms with Crippen molar-refractivity contribution in [2.75, 3.05) is 0 Å². The van der Waals surface area contributed by atoms with Gasteiger partial charge in [-0.2, -0.15) is 0 Å². The number of hydrogen-bond donors (Lipinski definition) is 1. The van der Waals surface area contributed by atoms with Crippen LogP contribution in [0, 0.1) is 6.92 Å². The summed E-state index contributed by atoms with van der Waals surface area (Å²) in [4.78, 5) is 0. The Morgan fingerprint density at radius 2 is 1.80 bits per heavy atom. The van der Waals surface area contributed by atoms with Crippen LogP contribution in [0.1, 0.15) is 30.5 Å². The van der Waals surface area contributed by atoms with Crippen LogP contribution in [0.25, 0.3) is 0 Å². The van der Waals surface area contributed by atoms with Gasteiger partial charge in [0, 0.05) is 5.54 Å². The minimum atomic E-state index is -0.356. The number of benzene rings is 2. The minimum Gasteiger partial charge on any atom is -0.487 e. The standard InChI is InChI=1S/C17H20BrNO/c1-12-9-14(17(2,3)19)10-15(18)16(12)20-11-13-7-5-4-6-8-13/h4-10H,11,19H2,1-3H3. The Bertz CT molecular complexity index is 565. The molecule has 3 heteroatoms. The maximum atomic E-state index is 6.15. The van der Waals surface area contributed by atoms with Crippen molar-refractivity contribution in [2.24, 2.45) is 5.73 Å². The van der Waals surface area contributed by atoms with E-state index in [4.69, 9.17) is 10.5 Å². The van der Waals surface area contributed by atoms with Crippen LogP contribution in [0.2, 0.25) is 0 Å². The van der Waals surface area contributed by atoms with Gasteiger partial charge in [0.2, 0.25) is 0 Å². The van der Waals surface area contributed by atoms with Gasteiger partial charge >= 0.3 is 0 Å². The summed E-state index contributed by atoms with van der Waals surface area (Å²) < 4.78 is 6.88. The molecule has 0 unspecified atom stereocenters. The average molecular weight is 334 g/mol. The summed E-state index contributed by atoms with van der Waals surface area (Å²) in [5.41, 5.74) is 9.13. The van der Waals surface area contributed by atoms with Crippen LogP contribution in [0.5, 0.6) is 5.75 Å². The molecule has 106 valence electrons. The molecular formula is C17H20BrNO. The van der Waals surface area contributed by atoms with Crippen molar-refractivity contribution in [3.05, 3.63) is 63.6 Å². The minimum absolute atomic E-state index is 0.356. The summed E-state index contributed by atoms with van der Waals surface area (Å²) in [5, 5.41) is 0. The highest BCUT2D eigenvalue weighted by Crippen LogP contribution is 2.33. The van der Waals surface area contributed by atoms with Gasteiger partial charge in [0.25, 0.3) is 0 Å². The van der Waals surface area contributed by atoms with Gasteiger partial charge in [0.1, 0.15) is 12.4 Å². The molecule has 2 N–H and O–H groups in total. The van der Waals surface area contributed by atoms with Crippen LogP contribution in [0.3, 0.4) is 0 Å². The van der Waals surface area contributed by atoms with E-state index in [1.54, 1.807) is 0 Å². The summed E-state index contributed by atoms with van der Waals surface area (Å²) >= 11 is 3.58. The zero-order valence-corrected chi connectivity index (χ0v) is 13.7. The van der Waals surface area contributed by atoms with Crippen LogP contribution in [0.4, 0.5) is 0 Å². The van der Waals surface area contributed by atoms with Crippen molar-refractivity contribution in [2.45, 2.75) is 32.9 Å². The van der Waals surface area contributed by atoms with E-state index in [0.717, 1.165) is 26.9 Å². The SMILES string of the molecule is Cc1cc(C(C)(C)N)cc(Br)c1OCc1ccccc1. The lowest BCUT2D eigenvalue weighted by Crippen LogP contribution is -2.28. The second-order valence-corrected chi connectivity index (χ2v) is 6.45. The smallest absolute Gasteiger partial charge is 0.136 e. The first-order valence-corrected chi connectivity index (χ1v) is 7.43. The molecular weight excluding hydrogens is 314 g/mol. The van der Waals surface area contributed by atoms with E-state index in [1.165, 1.54) is 0 Å². The third-order valence-electron chi connectivity index (χ3n) is 3.20. The Morgan fingerprint density at radius 1 is 1.15 bits per heavy atom. The molecule has 0 aliphatic heterocycles. The lowest BCUT2D eigenvalue weighted by molar-refractivity contribution is 0.302. The highest BCUT2D eigenvalue weighted by molar-refractivity contribution is 9.10. The maximum Gasteiger partial charge on any atom is 0.136 e. The lowest BCUT2D eigenvalue weighted by Gasteiger charge is -2.22. The summed E-state index contributed by atoms with van der Waals surface area (Å²) in [6, 6.07) is 14.3. The molecule has 2 aromatic rings. The fourth-order valence-electron chi connectivity index (χ4n) is 2.02. The van der Waals surface area contributed by atoms with Crippen LogP contribution in [-0.4, -0.2) is 0 Å². The Balaban J connectivity index is 2.21.